The van der Waals surface area contributed by atoms with E-state index in [2.05, 4.69) is 0 Å². The van der Waals surface area contributed by atoms with Crippen molar-refractivity contribution in [2.75, 3.05) is 0 Å². The monoisotopic (exact) mass is 157 g/mol. The summed E-state index contributed by atoms with van der Waals surface area (Å²) in [4.78, 5) is 34.3. The minimum absolute atomic E-state index is 1.00. The molecule has 0 atom stereocenters. The van der Waals surface area contributed by atoms with Crippen molar-refractivity contribution in [3.63, 3.8) is 0 Å². The Labute approximate surface area is 53.2 Å². The molecule has 0 radical (unpaired) electrons. The predicted molar refractivity (Wildman–Crippen MR) is 7.97 cm³/mol. The van der Waals surface area contributed by atoms with Crippen molar-refractivity contribution in [2.45, 2.75) is 0 Å². The van der Waals surface area contributed by atoms with Gasteiger partial charge in [0.1, 0.15) is 0 Å². The minimum atomic E-state index is -5.61. The Balaban J connectivity index is 0. The molecule has 0 aromatic rings. The van der Waals surface area contributed by atoms with Crippen molar-refractivity contribution >= 4 is 9.05 Å². The summed E-state index contributed by atoms with van der Waals surface area (Å²) in [6.45, 7) is 0. The third-order valence-electron chi connectivity index (χ3n) is 0. The summed E-state index contributed by atoms with van der Waals surface area (Å²) < 4.78 is 7.00. The van der Waals surface area contributed by atoms with Gasteiger partial charge < -0.3 is 28.2 Å². The second-order valence-electron chi connectivity index (χ2n) is 0.500. The van der Waals surface area contributed by atoms with E-state index < -0.39 is 9.05 Å². The molecular formula is HO5SiTi. The van der Waals surface area contributed by atoms with E-state index in [9.17, 15) is 0 Å². The van der Waals surface area contributed by atoms with E-state index in [1.807, 2.05) is 0 Å². The topological polar surface area (TPSA) is 112 Å². The molecular weight excluding hydrogens is 156 g/mol. The summed E-state index contributed by atoms with van der Waals surface area (Å²) >= 11 is 1.00. The van der Waals surface area contributed by atoms with Gasteiger partial charge in [0.15, 0.2) is 0 Å². The number of rotatable bonds is 0. The van der Waals surface area contributed by atoms with Gasteiger partial charge in [-0.2, -0.15) is 0 Å². The maximum absolute atomic E-state index is 8.58. The molecule has 0 aromatic heterocycles. The summed E-state index contributed by atoms with van der Waals surface area (Å²) in [5.74, 6) is 0. The van der Waals surface area contributed by atoms with E-state index in [-0.39, 0.29) is 0 Å². The van der Waals surface area contributed by atoms with E-state index in [1.165, 1.54) is 0 Å². The quantitative estimate of drug-likeness (QED) is 0.352. The molecule has 0 unspecified atom stereocenters. The van der Waals surface area contributed by atoms with Crippen LogP contribution >= 0.6 is 0 Å². The molecule has 7 heavy (non-hydrogen) atoms. The van der Waals surface area contributed by atoms with Crippen LogP contribution in [0.4, 0.5) is 0 Å². The Hall–Kier alpha value is 0.731. The average molecular weight is 157 g/mol. The Kier molecular flexibility index (Phi) is 7.43. The van der Waals surface area contributed by atoms with Gasteiger partial charge in [0, 0.05) is 0 Å². The van der Waals surface area contributed by atoms with Crippen LogP contribution in [-0.2, 0) is 20.8 Å². The number of hydrogen-bond donors (Lipinski definition) is 1. The van der Waals surface area contributed by atoms with Crippen molar-refractivity contribution in [3.05, 3.63) is 0 Å². The summed E-state index contributed by atoms with van der Waals surface area (Å²) in [6, 6.07) is 0. The van der Waals surface area contributed by atoms with E-state index >= 15 is 0 Å². The first kappa shape index (κ1) is 10.7. The van der Waals surface area contributed by atoms with Crippen molar-refractivity contribution in [3.8, 4) is 0 Å². The van der Waals surface area contributed by atoms with Gasteiger partial charge in [0.25, 0.3) is 0 Å². The molecule has 0 spiro atoms. The Bertz CT molecular complexity index is 23.6. The zero-order valence-electron chi connectivity index (χ0n) is 3.08. The molecule has 0 aliphatic heterocycles. The molecule has 5 nitrogen and oxygen atoms in total. The fourth-order valence-electron chi connectivity index (χ4n) is 0. The van der Waals surface area contributed by atoms with Crippen LogP contribution in [0, 0.1) is 0 Å². The fraction of sp³-hybridized carbons (Fsp3) is 0. The molecule has 7 heteroatoms. The summed E-state index contributed by atoms with van der Waals surface area (Å²) in [5.41, 5.74) is 0. The zero-order valence-corrected chi connectivity index (χ0v) is 5.64. The van der Waals surface area contributed by atoms with Crippen LogP contribution < -0.4 is 19.2 Å². The fourth-order valence-corrected chi connectivity index (χ4v) is 0. The van der Waals surface area contributed by atoms with E-state index in [0.29, 0.717) is 0 Å². The molecule has 0 fully saturated rings. The molecule has 0 saturated carbocycles. The molecule has 0 bridgehead atoms. The molecule has 0 saturated heterocycles. The second-order valence-corrected chi connectivity index (χ2v) is 1.50. The first-order valence-corrected chi connectivity index (χ1v) is 3.37. The van der Waals surface area contributed by atoms with Crippen molar-refractivity contribution < 1.29 is 43.7 Å². The molecule has 0 amide bonds. The third kappa shape index (κ3) is 282. The van der Waals surface area contributed by atoms with Crippen LogP contribution in [-0.4, -0.2) is 12.7 Å². The van der Waals surface area contributed by atoms with Gasteiger partial charge in [-0.15, -0.1) is 0 Å². The first-order chi connectivity index (χ1) is 3.00. The maximum atomic E-state index is 8.58. The second kappa shape index (κ2) is 4.88. The van der Waals surface area contributed by atoms with Gasteiger partial charge in [-0.1, -0.05) is 0 Å². The van der Waals surface area contributed by atoms with Gasteiger partial charge in [0.05, 0.1) is 0 Å². The Morgan fingerprint density at radius 1 is 1.00 bits per heavy atom. The van der Waals surface area contributed by atoms with Crippen LogP contribution in [0.15, 0.2) is 0 Å². The summed E-state index contributed by atoms with van der Waals surface area (Å²) in [5, 5.41) is 0. The van der Waals surface area contributed by atoms with Gasteiger partial charge >= 0.3 is 24.5 Å². The van der Waals surface area contributed by atoms with E-state index in [4.69, 9.17) is 22.9 Å². The van der Waals surface area contributed by atoms with Gasteiger partial charge in [0.2, 0.25) is 0 Å². The Morgan fingerprint density at radius 3 is 1.00 bits per heavy atom. The van der Waals surface area contributed by atoms with E-state index in [1.54, 1.807) is 0 Å². The molecule has 0 aliphatic rings. The SMILES string of the molecule is [O-][Si]([O-])([O-])[O-].[OH][Ti+4]. The van der Waals surface area contributed by atoms with Crippen LogP contribution in [0.2, 0.25) is 0 Å². The van der Waals surface area contributed by atoms with Gasteiger partial charge in [-0.05, 0) is 0 Å². The number of hydrogen-bond acceptors (Lipinski definition) is 5. The standard InChI is InChI=1S/O4Si.H2O.Ti/c1-5(2,3)4;;/h;1H2;/q-4;;+5/p-1. The van der Waals surface area contributed by atoms with Crippen molar-refractivity contribution in [1.82, 2.24) is 0 Å². The summed E-state index contributed by atoms with van der Waals surface area (Å²) in [7, 11) is -5.61. The van der Waals surface area contributed by atoms with Crippen LogP contribution in [0.25, 0.3) is 0 Å². The molecule has 1 N–H and O–H groups in total. The average Bonchev–Trinajstić information content (AvgIpc) is 1.36. The van der Waals surface area contributed by atoms with Crippen LogP contribution in [0.3, 0.4) is 0 Å². The van der Waals surface area contributed by atoms with E-state index in [0.717, 1.165) is 20.8 Å². The predicted octanol–water partition coefficient (Wildman–Crippen LogP) is -5.70. The van der Waals surface area contributed by atoms with Gasteiger partial charge in [-0.3, -0.25) is 0 Å². The molecule has 0 aliphatic carbocycles. The summed E-state index contributed by atoms with van der Waals surface area (Å²) in [6.07, 6.45) is 0. The molecule has 0 rings (SSSR count). The van der Waals surface area contributed by atoms with Crippen LogP contribution in [0.5, 0.6) is 0 Å². The first-order valence-electron chi connectivity index (χ1n) is 1.04. The normalized spacial score (nSPS) is 9.57. The molecule has 39 valence electrons. The van der Waals surface area contributed by atoms with Crippen molar-refractivity contribution in [1.29, 1.82) is 0 Å². The van der Waals surface area contributed by atoms with Crippen LogP contribution in [0.1, 0.15) is 0 Å². The third-order valence-corrected chi connectivity index (χ3v) is 0. The zero-order chi connectivity index (χ0) is 6.50. The van der Waals surface area contributed by atoms with Crippen molar-refractivity contribution in [2.24, 2.45) is 0 Å². The van der Waals surface area contributed by atoms with Gasteiger partial charge in [-0.25, -0.2) is 0 Å². The molecule has 0 heterocycles. The molecule has 0 aromatic carbocycles. The Morgan fingerprint density at radius 2 is 1.00 bits per heavy atom.